The molecular weight excluding hydrogens is 426 g/mol. The van der Waals surface area contributed by atoms with Gasteiger partial charge in [0.25, 0.3) is 0 Å². The summed E-state index contributed by atoms with van der Waals surface area (Å²) >= 11 is 0. The van der Waals surface area contributed by atoms with E-state index in [1.807, 2.05) is 11.6 Å². The Morgan fingerprint density at radius 2 is 1.88 bits per heavy atom. The molecule has 11 heteroatoms. The smallest absolute Gasteiger partial charge is 0.337 e. The Hall–Kier alpha value is -3.50. The van der Waals surface area contributed by atoms with Crippen molar-refractivity contribution in [2.75, 3.05) is 18.1 Å². The number of aromatic nitrogens is 6. The minimum absolute atomic E-state index is 0.143. The molecule has 0 amide bonds. The van der Waals surface area contributed by atoms with Gasteiger partial charge in [-0.05, 0) is 31.0 Å². The third kappa shape index (κ3) is 3.57. The Balaban J connectivity index is 1.35. The predicted molar refractivity (Wildman–Crippen MR) is 109 cm³/mol. The number of rotatable bonds is 3. The summed E-state index contributed by atoms with van der Waals surface area (Å²) in [6, 6.07) is 2.97. The van der Waals surface area contributed by atoms with Gasteiger partial charge in [-0.1, -0.05) is 0 Å². The highest BCUT2D eigenvalue weighted by Crippen LogP contribution is 2.35. The molecule has 1 aliphatic rings. The van der Waals surface area contributed by atoms with Crippen LogP contribution in [-0.2, 0) is 13.2 Å². The molecule has 1 aromatic carbocycles. The minimum atomic E-state index is -4.76. The zero-order chi connectivity index (χ0) is 22.5. The normalized spacial score (nSPS) is 15.6. The van der Waals surface area contributed by atoms with Crippen molar-refractivity contribution >= 4 is 11.0 Å². The molecule has 1 saturated heterocycles. The van der Waals surface area contributed by atoms with Crippen molar-refractivity contribution in [3.63, 3.8) is 0 Å². The molecule has 4 aromatic rings. The summed E-state index contributed by atoms with van der Waals surface area (Å²) in [5, 5.41) is 7.37. The molecule has 166 valence electrons. The van der Waals surface area contributed by atoms with E-state index in [9.17, 15) is 17.6 Å². The maximum Gasteiger partial charge on any atom is 0.419 e. The van der Waals surface area contributed by atoms with E-state index >= 15 is 0 Å². The summed E-state index contributed by atoms with van der Waals surface area (Å²) in [5.41, 5.74) is 0.0891. The van der Waals surface area contributed by atoms with Crippen LogP contribution >= 0.6 is 0 Å². The Morgan fingerprint density at radius 1 is 1.09 bits per heavy atom. The summed E-state index contributed by atoms with van der Waals surface area (Å²) in [6.07, 6.45) is 3.46. The zero-order valence-corrected chi connectivity index (χ0v) is 17.1. The second-order valence-corrected chi connectivity index (χ2v) is 7.85. The van der Waals surface area contributed by atoms with E-state index in [0.29, 0.717) is 5.69 Å². The monoisotopic (exact) mass is 445 g/mol. The van der Waals surface area contributed by atoms with Gasteiger partial charge in [-0.15, -0.1) is 0 Å². The second-order valence-electron chi connectivity index (χ2n) is 7.85. The lowest BCUT2D eigenvalue weighted by atomic mass is 9.97. The molecule has 0 unspecified atom stereocenters. The topological polar surface area (TPSA) is 64.7 Å². The molecule has 7 nitrogen and oxygen atoms in total. The largest absolute Gasteiger partial charge is 0.419 e. The van der Waals surface area contributed by atoms with Crippen molar-refractivity contribution in [3.8, 4) is 11.3 Å². The van der Waals surface area contributed by atoms with Gasteiger partial charge in [0.05, 0.1) is 22.8 Å². The maximum atomic E-state index is 13.6. The third-order valence-electron chi connectivity index (χ3n) is 5.80. The first-order valence-corrected chi connectivity index (χ1v) is 10.1. The van der Waals surface area contributed by atoms with Crippen molar-refractivity contribution < 1.29 is 17.6 Å². The number of nitrogens with zero attached hydrogens (tertiary/aromatic N) is 7. The van der Waals surface area contributed by atoms with E-state index in [-0.39, 0.29) is 11.5 Å². The zero-order valence-electron chi connectivity index (χ0n) is 17.1. The van der Waals surface area contributed by atoms with Crippen molar-refractivity contribution in [2.24, 2.45) is 7.05 Å². The van der Waals surface area contributed by atoms with Crippen LogP contribution in [0.4, 0.5) is 17.6 Å². The van der Waals surface area contributed by atoms with Crippen LogP contribution < -0.4 is 5.01 Å². The Bertz CT molecular complexity index is 1270. The number of alkyl halides is 3. The number of halogens is 4. The first kappa shape index (κ1) is 20.4. The van der Waals surface area contributed by atoms with Gasteiger partial charge in [0.2, 0.25) is 0 Å². The van der Waals surface area contributed by atoms with E-state index in [1.165, 1.54) is 12.4 Å². The standard InChI is InChI=1S/C21H19F4N7/c1-30-11-18(14-2-3-17(22)16(8-14)21(23,24)25)29-20(30)13-4-6-31(7-5-13)32-19-15(10-28-32)9-26-12-27-19/h2-3,8-13H,4-7H2,1H3. The number of benzene rings is 1. The first-order chi connectivity index (χ1) is 15.3. The van der Waals surface area contributed by atoms with Crippen LogP contribution in [-0.4, -0.2) is 42.5 Å². The molecular formula is C21H19F4N7. The van der Waals surface area contributed by atoms with Gasteiger partial charge in [0.15, 0.2) is 5.65 Å². The number of hydrogen-bond acceptors (Lipinski definition) is 5. The van der Waals surface area contributed by atoms with Crippen LogP contribution in [0.2, 0.25) is 0 Å². The van der Waals surface area contributed by atoms with Crippen LogP contribution in [0.25, 0.3) is 22.3 Å². The first-order valence-electron chi connectivity index (χ1n) is 10.1. The van der Waals surface area contributed by atoms with Crippen LogP contribution in [0, 0.1) is 5.82 Å². The van der Waals surface area contributed by atoms with Crippen LogP contribution in [0.5, 0.6) is 0 Å². The van der Waals surface area contributed by atoms with E-state index in [1.54, 1.807) is 23.4 Å². The average Bonchev–Trinajstić information content (AvgIpc) is 3.37. The number of hydrogen-bond donors (Lipinski definition) is 0. The van der Waals surface area contributed by atoms with Crippen LogP contribution in [0.1, 0.15) is 30.1 Å². The molecule has 0 N–H and O–H groups in total. The van der Waals surface area contributed by atoms with Gasteiger partial charge in [0.1, 0.15) is 18.0 Å². The molecule has 3 aromatic heterocycles. The molecule has 0 radical (unpaired) electrons. The van der Waals surface area contributed by atoms with Crippen molar-refractivity contribution in [1.82, 2.24) is 29.4 Å². The summed E-state index contributed by atoms with van der Waals surface area (Å²) in [4.78, 5) is 14.7. The van der Waals surface area contributed by atoms with Crippen molar-refractivity contribution in [2.45, 2.75) is 24.9 Å². The van der Waals surface area contributed by atoms with E-state index in [0.717, 1.165) is 54.9 Å². The number of fused-ring (bicyclic) bond motifs is 1. The lowest BCUT2D eigenvalue weighted by Crippen LogP contribution is -2.42. The quantitative estimate of drug-likeness (QED) is 0.448. The van der Waals surface area contributed by atoms with E-state index < -0.39 is 17.6 Å². The van der Waals surface area contributed by atoms with Gasteiger partial charge in [-0.2, -0.15) is 23.1 Å². The molecule has 1 fully saturated rings. The van der Waals surface area contributed by atoms with E-state index in [2.05, 4.69) is 25.1 Å². The summed E-state index contributed by atoms with van der Waals surface area (Å²) in [6.45, 7) is 1.45. The summed E-state index contributed by atoms with van der Waals surface area (Å²) in [5.74, 6) is -0.352. The minimum Gasteiger partial charge on any atom is -0.337 e. The highest BCUT2D eigenvalue weighted by molar-refractivity contribution is 5.73. The number of piperidine rings is 1. The molecule has 4 heterocycles. The van der Waals surface area contributed by atoms with Crippen molar-refractivity contribution in [1.29, 1.82) is 0 Å². The molecule has 0 bridgehead atoms. The maximum absolute atomic E-state index is 13.6. The molecule has 0 saturated carbocycles. The fraction of sp³-hybridized carbons (Fsp3) is 0.333. The molecule has 1 aliphatic heterocycles. The van der Waals surface area contributed by atoms with Crippen LogP contribution in [0.15, 0.2) is 43.1 Å². The fourth-order valence-electron chi connectivity index (χ4n) is 4.19. The lowest BCUT2D eigenvalue weighted by molar-refractivity contribution is -0.139. The Labute approximate surface area is 180 Å². The highest BCUT2D eigenvalue weighted by Gasteiger charge is 2.34. The third-order valence-corrected chi connectivity index (χ3v) is 5.80. The highest BCUT2D eigenvalue weighted by atomic mass is 19.4. The molecule has 0 spiro atoms. The molecule has 0 atom stereocenters. The second kappa shape index (κ2) is 7.57. The fourth-order valence-corrected chi connectivity index (χ4v) is 4.19. The van der Waals surface area contributed by atoms with Gasteiger partial charge < -0.3 is 4.57 Å². The Morgan fingerprint density at radius 3 is 2.62 bits per heavy atom. The molecule has 0 aliphatic carbocycles. The Kier molecular flexibility index (Phi) is 4.83. The SMILES string of the molecule is Cn1cc(-c2ccc(F)c(C(F)(F)F)c2)nc1C1CCN(n2ncc3cncnc32)CC1. The number of aryl methyl sites for hydroxylation is 1. The van der Waals surface area contributed by atoms with Crippen LogP contribution in [0.3, 0.4) is 0 Å². The summed E-state index contributed by atoms with van der Waals surface area (Å²) < 4.78 is 54.7. The summed E-state index contributed by atoms with van der Waals surface area (Å²) in [7, 11) is 1.82. The van der Waals surface area contributed by atoms with Gasteiger partial charge in [0, 0.05) is 44.0 Å². The lowest BCUT2D eigenvalue weighted by Gasteiger charge is -2.32. The van der Waals surface area contributed by atoms with Crippen molar-refractivity contribution in [3.05, 3.63) is 60.3 Å². The van der Waals surface area contributed by atoms with Gasteiger partial charge in [-0.25, -0.2) is 19.3 Å². The average molecular weight is 445 g/mol. The predicted octanol–water partition coefficient (Wildman–Crippen LogP) is 3.90. The molecule has 32 heavy (non-hydrogen) atoms. The van der Waals surface area contributed by atoms with E-state index in [4.69, 9.17) is 0 Å². The van der Waals surface area contributed by atoms with Gasteiger partial charge in [-0.3, -0.25) is 5.01 Å². The number of imidazole rings is 1. The molecule has 5 rings (SSSR count). The van der Waals surface area contributed by atoms with Gasteiger partial charge >= 0.3 is 6.18 Å².